The summed E-state index contributed by atoms with van der Waals surface area (Å²) in [5.41, 5.74) is 2.36. The molecule has 1 rings (SSSR count). The second-order valence-electron chi connectivity index (χ2n) is 4.10. The molecular weight excluding hydrogens is 184 g/mol. The quantitative estimate of drug-likeness (QED) is 0.773. The number of nitrogens with one attached hydrogen (secondary N) is 1. The highest BCUT2D eigenvalue weighted by Crippen LogP contribution is 2.03. The zero-order valence-corrected chi connectivity index (χ0v) is 10.1. The van der Waals surface area contributed by atoms with E-state index in [9.17, 15) is 0 Å². The summed E-state index contributed by atoms with van der Waals surface area (Å²) in [4.78, 5) is 4.38. The summed E-state index contributed by atoms with van der Waals surface area (Å²) in [7, 11) is 0. The number of rotatable bonds is 6. The molecule has 1 atom stereocenters. The van der Waals surface area contributed by atoms with Gasteiger partial charge in [-0.05, 0) is 31.4 Å². The van der Waals surface area contributed by atoms with Crippen LogP contribution in [0.5, 0.6) is 0 Å². The first-order valence-electron chi connectivity index (χ1n) is 5.91. The SMILES string of the molecule is CCCC(CC)NCc1ccc(C)cn1. The molecule has 1 unspecified atom stereocenters. The largest absolute Gasteiger partial charge is 0.308 e. The van der Waals surface area contributed by atoms with Gasteiger partial charge in [-0.2, -0.15) is 0 Å². The molecule has 0 saturated carbocycles. The topological polar surface area (TPSA) is 24.9 Å². The van der Waals surface area contributed by atoms with Gasteiger partial charge < -0.3 is 5.32 Å². The first-order valence-corrected chi connectivity index (χ1v) is 5.91. The standard InChI is InChI=1S/C13H22N2/c1-4-6-12(5-2)15-10-13-8-7-11(3)9-14-13/h7-9,12,15H,4-6,10H2,1-3H3. The van der Waals surface area contributed by atoms with Crippen molar-refractivity contribution in [3.63, 3.8) is 0 Å². The second-order valence-corrected chi connectivity index (χ2v) is 4.10. The van der Waals surface area contributed by atoms with Crippen molar-refractivity contribution in [2.75, 3.05) is 0 Å². The lowest BCUT2D eigenvalue weighted by atomic mass is 10.1. The highest BCUT2D eigenvalue weighted by Gasteiger charge is 2.03. The maximum atomic E-state index is 4.38. The molecule has 1 aromatic heterocycles. The van der Waals surface area contributed by atoms with E-state index in [-0.39, 0.29) is 0 Å². The zero-order chi connectivity index (χ0) is 11.1. The third-order valence-corrected chi connectivity index (χ3v) is 2.67. The van der Waals surface area contributed by atoms with Crippen molar-refractivity contribution in [3.8, 4) is 0 Å². The third-order valence-electron chi connectivity index (χ3n) is 2.67. The maximum absolute atomic E-state index is 4.38. The number of hydrogen-bond donors (Lipinski definition) is 1. The average molecular weight is 206 g/mol. The fourth-order valence-corrected chi connectivity index (χ4v) is 1.65. The van der Waals surface area contributed by atoms with Crippen molar-refractivity contribution in [1.29, 1.82) is 0 Å². The molecule has 2 nitrogen and oxygen atoms in total. The molecule has 0 aliphatic carbocycles. The fourth-order valence-electron chi connectivity index (χ4n) is 1.65. The van der Waals surface area contributed by atoms with E-state index in [0.29, 0.717) is 6.04 Å². The Hall–Kier alpha value is -0.890. The van der Waals surface area contributed by atoms with Crippen LogP contribution in [0.4, 0.5) is 0 Å². The molecule has 0 fully saturated rings. The molecular formula is C13H22N2. The van der Waals surface area contributed by atoms with Gasteiger partial charge in [-0.3, -0.25) is 4.98 Å². The predicted molar refractivity (Wildman–Crippen MR) is 64.8 cm³/mol. The summed E-state index contributed by atoms with van der Waals surface area (Å²) in [5, 5.41) is 3.54. The van der Waals surface area contributed by atoms with Crippen molar-refractivity contribution in [2.24, 2.45) is 0 Å². The molecule has 0 spiro atoms. The monoisotopic (exact) mass is 206 g/mol. The van der Waals surface area contributed by atoms with Crippen LogP contribution in [-0.2, 0) is 6.54 Å². The Bertz CT molecular complexity index is 266. The van der Waals surface area contributed by atoms with Gasteiger partial charge in [-0.25, -0.2) is 0 Å². The molecule has 0 aliphatic heterocycles. The van der Waals surface area contributed by atoms with Crippen LogP contribution >= 0.6 is 0 Å². The Kier molecular flexibility index (Phi) is 5.33. The summed E-state index contributed by atoms with van der Waals surface area (Å²) in [6, 6.07) is 4.85. The molecule has 0 radical (unpaired) electrons. The summed E-state index contributed by atoms with van der Waals surface area (Å²) < 4.78 is 0. The highest BCUT2D eigenvalue weighted by atomic mass is 14.9. The van der Waals surface area contributed by atoms with Crippen LogP contribution in [0.25, 0.3) is 0 Å². The molecule has 2 heteroatoms. The van der Waals surface area contributed by atoms with Crippen LogP contribution < -0.4 is 5.32 Å². The average Bonchev–Trinajstić information content (AvgIpc) is 2.26. The number of hydrogen-bond acceptors (Lipinski definition) is 2. The Morgan fingerprint density at radius 2 is 2.13 bits per heavy atom. The Morgan fingerprint density at radius 1 is 1.33 bits per heavy atom. The smallest absolute Gasteiger partial charge is 0.0541 e. The fraction of sp³-hybridized carbons (Fsp3) is 0.615. The summed E-state index contributed by atoms with van der Waals surface area (Å²) in [6.45, 7) is 7.42. The van der Waals surface area contributed by atoms with Crippen molar-refractivity contribution < 1.29 is 0 Å². The van der Waals surface area contributed by atoms with Crippen LogP contribution in [0.2, 0.25) is 0 Å². The summed E-state index contributed by atoms with van der Waals surface area (Å²) in [5.74, 6) is 0. The van der Waals surface area contributed by atoms with Gasteiger partial charge in [0.2, 0.25) is 0 Å². The first-order chi connectivity index (χ1) is 7.26. The Morgan fingerprint density at radius 3 is 2.67 bits per heavy atom. The predicted octanol–water partition coefficient (Wildman–Crippen LogP) is 3.06. The van der Waals surface area contributed by atoms with Gasteiger partial charge in [0.1, 0.15) is 0 Å². The van der Waals surface area contributed by atoms with Gasteiger partial charge >= 0.3 is 0 Å². The van der Waals surface area contributed by atoms with Gasteiger partial charge in [0.25, 0.3) is 0 Å². The van der Waals surface area contributed by atoms with E-state index >= 15 is 0 Å². The minimum Gasteiger partial charge on any atom is -0.308 e. The van der Waals surface area contributed by atoms with E-state index in [4.69, 9.17) is 0 Å². The van der Waals surface area contributed by atoms with E-state index in [1.54, 1.807) is 0 Å². The van der Waals surface area contributed by atoms with E-state index in [1.807, 2.05) is 6.20 Å². The zero-order valence-electron chi connectivity index (χ0n) is 10.1. The van der Waals surface area contributed by atoms with E-state index < -0.39 is 0 Å². The molecule has 15 heavy (non-hydrogen) atoms. The molecule has 0 amide bonds. The lowest BCUT2D eigenvalue weighted by Gasteiger charge is -2.15. The Balaban J connectivity index is 2.38. The van der Waals surface area contributed by atoms with E-state index in [2.05, 4.69) is 43.2 Å². The molecule has 0 aliphatic rings. The highest BCUT2D eigenvalue weighted by molar-refractivity contribution is 5.11. The lowest BCUT2D eigenvalue weighted by Crippen LogP contribution is -2.27. The summed E-state index contributed by atoms with van der Waals surface area (Å²) >= 11 is 0. The lowest BCUT2D eigenvalue weighted by molar-refractivity contribution is 0.459. The van der Waals surface area contributed by atoms with E-state index in [0.717, 1.165) is 12.2 Å². The van der Waals surface area contributed by atoms with Crippen molar-refractivity contribution in [2.45, 2.75) is 52.6 Å². The van der Waals surface area contributed by atoms with Gasteiger partial charge in [0.15, 0.2) is 0 Å². The first kappa shape index (κ1) is 12.2. The van der Waals surface area contributed by atoms with Crippen molar-refractivity contribution in [1.82, 2.24) is 10.3 Å². The minimum atomic E-state index is 0.637. The second kappa shape index (κ2) is 6.57. The molecule has 0 bridgehead atoms. The van der Waals surface area contributed by atoms with Crippen LogP contribution in [-0.4, -0.2) is 11.0 Å². The van der Waals surface area contributed by atoms with Crippen LogP contribution in [0.15, 0.2) is 18.3 Å². The molecule has 0 saturated heterocycles. The molecule has 1 N–H and O–H groups in total. The molecule has 84 valence electrons. The number of aromatic nitrogens is 1. The molecule has 0 aromatic carbocycles. The molecule has 1 aromatic rings. The van der Waals surface area contributed by atoms with Gasteiger partial charge in [-0.15, -0.1) is 0 Å². The third kappa shape index (κ3) is 4.43. The molecule has 1 heterocycles. The van der Waals surface area contributed by atoms with Crippen LogP contribution in [0.1, 0.15) is 44.4 Å². The van der Waals surface area contributed by atoms with Gasteiger partial charge in [0, 0.05) is 18.8 Å². The van der Waals surface area contributed by atoms with Crippen LogP contribution in [0.3, 0.4) is 0 Å². The normalized spacial score (nSPS) is 12.7. The summed E-state index contributed by atoms with van der Waals surface area (Å²) in [6.07, 6.45) is 5.62. The Labute approximate surface area is 93.1 Å². The van der Waals surface area contributed by atoms with Crippen molar-refractivity contribution in [3.05, 3.63) is 29.6 Å². The number of nitrogens with zero attached hydrogens (tertiary/aromatic N) is 1. The number of pyridine rings is 1. The number of aryl methyl sites for hydroxylation is 1. The van der Waals surface area contributed by atoms with Gasteiger partial charge in [0.05, 0.1) is 5.69 Å². The van der Waals surface area contributed by atoms with Gasteiger partial charge in [-0.1, -0.05) is 26.3 Å². The maximum Gasteiger partial charge on any atom is 0.0541 e. The van der Waals surface area contributed by atoms with Crippen molar-refractivity contribution >= 4 is 0 Å². The van der Waals surface area contributed by atoms with Crippen LogP contribution in [0, 0.1) is 6.92 Å². The minimum absolute atomic E-state index is 0.637. The van der Waals surface area contributed by atoms with E-state index in [1.165, 1.54) is 24.8 Å².